The van der Waals surface area contributed by atoms with E-state index in [9.17, 15) is 4.79 Å². The Balaban J connectivity index is 2.88. The molecule has 0 fully saturated rings. The molecule has 2 N–H and O–H groups in total. The highest BCUT2D eigenvalue weighted by atomic mass is 16.5. The van der Waals surface area contributed by atoms with E-state index in [1.54, 1.807) is 12.0 Å². The average Bonchev–Trinajstić information content (AvgIpc) is 2.38. The zero-order valence-corrected chi connectivity index (χ0v) is 12.3. The van der Waals surface area contributed by atoms with Crippen LogP contribution in [0, 0.1) is 5.41 Å². The predicted molar refractivity (Wildman–Crippen MR) is 77.0 cm³/mol. The van der Waals surface area contributed by atoms with Crippen molar-refractivity contribution in [2.75, 3.05) is 27.2 Å². The van der Waals surface area contributed by atoms with Crippen LogP contribution in [0.4, 0.5) is 0 Å². The van der Waals surface area contributed by atoms with E-state index < -0.39 is 0 Å². The number of carbonyl (C=O) groups excluding carboxylic acids is 1. The van der Waals surface area contributed by atoms with E-state index in [1.165, 1.54) is 0 Å². The molecule has 1 aromatic rings. The van der Waals surface area contributed by atoms with Crippen LogP contribution in [0.3, 0.4) is 0 Å². The van der Waals surface area contributed by atoms with Gasteiger partial charge < -0.3 is 15.4 Å². The Bertz CT molecular complexity index is 430. The van der Waals surface area contributed by atoms with Crippen molar-refractivity contribution in [1.82, 2.24) is 4.90 Å². The van der Waals surface area contributed by atoms with Crippen LogP contribution in [0.15, 0.2) is 24.3 Å². The molecule has 0 saturated carbocycles. The van der Waals surface area contributed by atoms with Crippen LogP contribution in [0.2, 0.25) is 0 Å². The highest BCUT2D eigenvalue weighted by Gasteiger charge is 2.23. The number of hydrogen-bond acceptors (Lipinski definition) is 3. The summed E-state index contributed by atoms with van der Waals surface area (Å²) in [5.41, 5.74) is 7.23. The SMILES string of the molecule is COCc1ccccc1C(=O)N(C)CC(C)(C)CN. The third kappa shape index (κ3) is 4.33. The molecule has 0 saturated heterocycles. The van der Waals surface area contributed by atoms with Gasteiger partial charge in [-0.25, -0.2) is 0 Å². The number of nitrogens with two attached hydrogens (primary N) is 1. The van der Waals surface area contributed by atoms with E-state index in [2.05, 4.69) is 13.8 Å². The topological polar surface area (TPSA) is 55.6 Å². The maximum Gasteiger partial charge on any atom is 0.253 e. The third-order valence-electron chi connectivity index (χ3n) is 3.11. The first kappa shape index (κ1) is 15.7. The van der Waals surface area contributed by atoms with Crippen LogP contribution in [-0.4, -0.2) is 38.1 Å². The molecule has 0 aliphatic rings. The van der Waals surface area contributed by atoms with Crippen LogP contribution < -0.4 is 5.73 Å². The van der Waals surface area contributed by atoms with Crippen molar-refractivity contribution in [2.24, 2.45) is 11.1 Å². The number of ether oxygens (including phenoxy) is 1. The number of amides is 1. The smallest absolute Gasteiger partial charge is 0.253 e. The van der Waals surface area contributed by atoms with Crippen molar-refractivity contribution in [2.45, 2.75) is 20.5 Å². The summed E-state index contributed by atoms with van der Waals surface area (Å²) in [4.78, 5) is 14.2. The highest BCUT2D eigenvalue weighted by Crippen LogP contribution is 2.17. The Hall–Kier alpha value is -1.39. The van der Waals surface area contributed by atoms with Crippen molar-refractivity contribution in [3.63, 3.8) is 0 Å². The van der Waals surface area contributed by atoms with Gasteiger partial charge in [0, 0.05) is 26.3 Å². The zero-order valence-electron chi connectivity index (χ0n) is 12.3. The van der Waals surface area contributed by atoms with Crippen LogP contribution in [0.25, 0.3) is 0 Å². The fourth-order valence-electron chi connectivity index (χ4n) is 1.99. The number of hydrogen-bond donors (Lipinski definition) is 1. The van der Waals surface area contributed by atoms with Crippen molar-refractivity contribution < 1.29 is 9.53 Å². The molecule has 0 radical (unpaired) electrons. The maximum atomic E-state index is 12.5. The fourth-order valence-corrected chi connectivity index (χ4v) is 1.99. The lowest BCUT2D eigenvalue weighted by atomic mass is 9.93. The standard InChI is InChI=1S/C15H24N2O2/c1-15(2,10-16)11-17(3)14(18)13-8-6-5-7-12(13)9-19-4/h5-8H,9-11,16H2,1-4H3. The molecule has 0 aliphatic heterocycles. The molecule has 0 atom stereocenters. The average molecular weight is 264 g/mol. The van der Waals surface area contributed by atoms with E-state index in [0.29, 0.717) is 25.3 Å². The number of carbonyl (C=O) groups is 1. The quantitative estimate of drug-likeness (QED) is 0.853. The fraction of sp³-hybridized carbons (Fsp3) is 0.533. The van der Waals surface area contributed by atoms with Gasteiger partial charge in [0.2, 0.25) is 0 Å². The van der Waals surface area contributed by atoms with Gasteiger partial charge in [0.05, 0.1) is 6.61 Å². The first-order chi connectivity index (χ1) is 8.91. The van der Waals surface area contributed by atoms with Crippen molar-refractivity contribution in [3.8, 4) is 0 Å². The van der Waals surface area contributed by atoms with Crippen LogP contribution >= 0.6 is 0 Å². The maximum absolute atomic E-state index is 12.5. The third-order valence-corrected chi connectivity index (χ3v) is 3.11. The molecule has 4 heteroatoms. The first-order valence-corrected chi connectivity index (χ1v) is 6.43. The van der Waals surface area contributed by atoms with Crippen LogP contribution in [-0.2, 0) is 11.3 Å². The zero-order chi connectivity index (χ0) is 14.5. The Morgan fingerprint density at radius 3 is 2.58 bits per heavy atom. The Kier molecular flexibility index (Phi) is 5.51. The Morgan fingerprint density at radius 2 is 2.00 bits per heavy atom. The monoisotopic (exact) mass is 264 g/mol. The molecule has 0 unspecified atom stereocenters. The number of rotatable bonds is 6. The van der Waals surface area contributed by atoms with Crippen LogP contribution in [0.1, 0.15) is 29.8 Å². The minimum Gasteiger partial charge on any atom is -0.380 e. The van der Waals surface area contributed by atoms with Gasteiger partial charge in [-0.05, 0) is 23.6 Å². The van der Waals surface area contributed by atoms with Crippen molar-refractivity contribution >= 4 is 5.91 Å². The molecule has 0 spiro atoms. The van der Waals surface area contributed by atoms with Crippen LogP contribution in [0.5, 0.6) is 0 Å². The second kappa shape index (κ2) is 6.68. The summed E-state index contributed by atoms with van der Waals surface area (Å²) in [6.07, 6.45) is 0. The molecular formula is C15H24N2O2. The van der Waals surface area contributed by atoms with Gasteiger partial charge >= 0.3 is 0 Å². The summed E-state index contributed by atoms with van der Waals surface area (Å²) in [7, 11) is 3.44. The van der Waals surface area contributed by atoms with Crippen molar-refractivity contribution in [1.29, 1.82) is 0 Å². The Morgan fingerprint density at radius 1 is 1.37 bits per heavy atom. The molecule has 106 valence electrons. The molecule has 1 amide bonds. The van der Waals surface area contributed by atoms with E-state index in [4.69, 9.17) is 10.5 Å². The van der Waals surface area contributed by atoms with Gasteiger partial charge in [-0.1, -0.05) is 32.0 Å². The number of benzene rings is 1. The molecule has 0 bridgehead atoms. The highest BCUT2D eigenvalue weighted by molar-refractivity contribution is 5.95. The molecule has 0 aliphatic carbocycles. The lowest BCUT2D eigenvalue weighted by Crippen LogP contribution is -2.40. The summed E-state index contributed by atoms with van der Waals surface area (Å²) in [6, 6.07) is 7.53. The van der Waals surface area contributed by atoms with Gasteiger partial charge in [0.15, 0.2) is 0 Å². The molecule has 0 heterocycles. The lowest BCUT2D eigenvalue weighted by molar-refractivity contribution is 0.0736. The van der Waals surface area contributed by atoms with Gasteiger partial charge in [-0.3, -0.25) is 4.79 Å². The molecular weight excluding hydrogens is 240 g/mol. The Labute approximate surface area is 115 Å². The summed E-state index contributed by atoms with van der Waals surface area (Å²) >= 11 is 0. The summed E-state index contributed by atoms with van der Waals surface area (Å²) in [5.74, 6) is 0.00850. The minimum absolute atomic E-state index is 0.00850. The normalized spacial score (nSPS) is 11.4. The summed E-state index contributed by atoms with van der Waals surface area (Å²) in [5, 5.41) is 0. The molecule has 19 heavy (non-hydrogen) atoms. The summed E-state index contributed by atoms with van der Waals surface area (Å²) in [6.45, 7) is 5.72. The van der Waals surface area contributed by atoms with E-state index >= 15 is 0 Å². The number of methoxy groups -OCH3 is 1. The predicted octanol–water partition coefficient (Wildman–Crippen LogP) is 1.89. The second-order valence-electron chi connectivity index (χ2n) is 5.62. The molecule has 1 aromatic carbocycles. The largest absolute Gasteiger partial charge is 0.380 e. The minimum atomic E-state index is -0.0827. The summed E-state index contributed by atoms with van der Waals surface area (Å²) < 4.78 is 5.13. The van der Waals surface area contributed by atoms with Crippen molar-refractivity contribution in [3.05, 3.63) is 35.4 Å². The lowest BCUT2D eigenvalue weighted by Gasteiger charge is -2.29. The van der Waals surface area contributed by atoms with E-state index in [-0.39, 0.29) is 11.3 Å². The van der Waals surface area contributed by atoms with E-state index in [1.807, 2.05) is 31.3 Å². The van der Waals surface area contributed by atoms with Gasteiger partial charge in [-0.15, -0.1) is 0 Å². The van der Waals surface area contributed by atoms with E-state index in [0.717, 1.165) is 5.56 Å². The van der Waals surface area contributed by atoms with Gasteiger partial charge in [-0.2, -0.15) is 0 Å². The van der Waals surface area contributed by atoms with Gasteiger partial charge in [0.1, 0.15) is 0 Å². The molecule has 1 rings (SSSR count). The second-order valence-corrected chi connectivity index (χ2v) is 5.62. The molecule has 4 nitrogen and oxygen atoms in total. The number of nitrogens with zero attached hydrogens (tertiary/aromatic N) is 1. The molecule has 0 aromatic heterocycles. The van der Waals surface area contributed by atoms with Gasteiger partial charge in [0.25, 0.3) is 5.91 Å². The first-order valence-electron chi connectivity index (χ1n) is 6.43.